The third-order valence-electron chi connectivity index (χ3n) is 3.07. The molecule has 112 valence electrons. The van der Waals surface area contributed by atoms with Gasteiger partial charge in [-0.3, -0.25) is 0 Å². The molecule has 2 aromatic carbocycles. The first-order valence-corrected chi connectivity index (χ1v) is 8.50. The molecule has 0 aliphatic rings. The highest BCUT2D eigenvalue weighted by atomic mass is 79.9. The van der Waals surface area contributed by atoms with E-state index in [4.69, 9.17) is 4.74 Å². The molecule has 2 rings (SSSR count). The molecular formula is C17H19Br2NO. The molecule has 21 heavy (non-hydrogen) atoms. The normalized spacial score (nSPS) is 11.0. The molecule has 0 aliphatic heterocycles. The molecule has 2 nitrogen and oxygen atoms in total. The minimum Gasteiger partial charge on any atom is -0.456 e. The summed E-state index contributed by atoms with van der Waals surface area (Å²) in [5.74, 6) is 1.70. The van der Waals surface area contributed by atoms with Crippen molar-refractivity contribution in [1.82, 2.24) is 5.32 Å². The van der Waals surface area contributed by atoms with E-state index in [1.54, 1.807) is 0 Å². The summed E-state index contributed by atoms with van der Waals surface area (Å²) in [6.45, 7) is 7.18. The van der Waals surface area contributed by atoms with Crippen LogP contribution >= 0.6 is 31.9 Å². The van der Waals surface area contributed by atoms with E-state index < -0.39 is 0 Å². The van der Waals surface area contributed by atoms with Gasteiger partial charge in [0.2, 0.25) is 0 Å². The van der Waals surface area contributed by atoms with Crippen molar-refractivity contribution in [2.45, 2.75) is 33.4 Å². The van der Waals surface area contributed by atoms with Crippen molar-refractivity contribution in [3.8, 4) is 11.5 Å². The van der Waals surface area contributed by atoms with Crippen LogP contribution in [0.25, 0.3) is 0 Å². The Hall–Kier alpha value is -0.840. The molecular weight excluding hydrogens is 394 g/mol. The SMILES string of the molecule is Cc1cc(Br)ccc1Oc1ccc(CNC(C)C)cc1Br. The zero-order chi connectivity index (χ0) is 15.4. The number of halogens is 2. The summed E-state index contributed by atoms with van der Waals surface area (Å²) >= 11 is 7.05. The second kappa shape index (κ2) is 7.43. The predicted molar refractivity (Wildman–Crippen MR) is 95.1 cm³/mol. The van der Waals surface area contributed by atoms with Crippen molar-refractivity contribution in [3.63, 3.8) is 0 Å². The van der Waals surface area contributed by atoms with Crippen LogP contribution in [0.3, 0.4) is 0 Å². The van der Waals surface area contributed by atoms with Crippen LogP contribution in [-0.2, 0) is 6.54 Å². The van der Waals surface area contributed by atoms with E-state index in [1.807, 2.05) is 31.2 Å². The van der Waals surface area contributed by atoms with Gasteiger partial charge in [-0.2, -0.15) is 0 Å². The van der Waals surface area contributed by atoms with Crippen LogP contribution < -0.4 is 10.1 Å². The van der Waals surface area contributed by atoms with Gasteiger partial charge in [-0.25, -0.2) is 0 Å². The summed E-state index contributed by atoms with van der Waals surface area (Å²) < 4.78 is 8.01. The van der Waals surface area contributed by atoms with Crippen molar-refractivity contribution in [2.24, 2.45) is 0 Å². The van der Waals surface area contributed by atoms with E-state index in [0.717, 1.165) is 32.6 Å². The van der Waals surface area contributed by atoms with Crippen LogP contribution in [0.5, 0.6) is 11.5 Å². The van der Waals surface area contributed by atoms with Gasteiger partial charge in [-0.1, -0.05) is 35.8 Å². The molecule has 0 amide bonds. The first-order chi connectivity index (χ1) is 9.95. The highest BCUT2D eigenvalue weighted by Gasteiger charge is 2.07. The predicted octanol–water partition coefficient (Wildman–Crippen LogP) is 5.81. The summed E-state index contributed by atoms with van der Waals surface area (Å²) in [5, 5.41) is 3.41. The van der Waals surface area contributed by atoms with Crippen molar-refractivity contribution in [2.75, 3.05) is 0 Å². The van der Waals surface area contributed by atoms with E-state index in [9.17, 15) is 0 Å². The van der Waals surface area contributed by atoms with E-state index in [1.165, 1.54) is 5.56 Å². The quantitative estimate of drug-likeness (QED) is 0.668. The van der Waals surface area contributed by atoms with E-state index in [0.29, 0.717) is 6.04 Å². The average Bonchev–Trinajstić information content (AvgIpc) is 2.42. The highest BCUT2D eigenvalue weighted by molar-refractivity contribution is 9.10. The fourth-order valence-electron chi connectivity index (χ4n) is 1.90. The van der Waals surface area contributed by atoms with Gasteiger partial charge in [-0.05, 0) is 64.3 Å². The number of aryl methyl sites for hydroxylation is 1. The summed E-state index contributed by atoms with van der Waals surface area (Å²) in [6, 6.07) is 12.7. The van der Waals surface area contributed by atoms with E-state index in [2.05, 4.69) is 63.2 Å². The molecule has 0 unspecified atom stereocenters. The monoisotopic (exact) mass is 411 g/mol. The zero-order valence-electron chi connectivity index (χ0n) is 12.4. The van der Waals surface area contributed by atoms with E-state index >= 15 is 0 Å². The van der Waals surface area contributed by atoms with Crippen molar-refractivity contribution < 1.29 is 4.74 Å². The van der Waals surface area contributed by atoms with Gasteiger partial charge in [0.05, 0.1) is 4.47 Å². The molecule has 0 fully saturated rings. The Balaban J connectivity index is 2.13. The Morgan fingerprint density at radius 2 is 1.76 bits per heavy atom. The summed E-state index contributed by atoms with van der Waals surface area (Å²) in [6.07, 6.45) is 0. The van der Waals surface area contributed by atoms with Gasteiger partial charge in [0, 0.05) is 17.1 Å². The first kappa shape index (κ1) is 16.5. The average molecular weight is 413 g/mol. The lowest BCUT2D eigenvalue weighted by Gasteiger charge is -2.13. The minimum absolute atomic E-state index is 0.477. The molecule has 0 atom stereocenters. The van der Waals surface area contributed by atoms with Crippen LogP contribution in [0.2, 0.25) is 0 Å². The first-order valence-electron chi connectivity index (χ1n) is 6.91. The largest absolute Gasteiger partial charge is 0.456 e. The van der Waals surface area contributed by atoms with Gasteiger partial charge in [-0.15, -0.1) is 0 Å². The van der Waals surface area contributed by atoms with Crippen LogP contribution in [0, 0.1) is 6.92 Å². The Morgan fingerprint density at radius 1 is 1.05 bits per heavy atom. The Kier molecular flexibility index (Phi) is 5.85. The Labute approximate surface area is 143 Å². The third-order valence-corrected chi connectivity index (χ3v) is 4.18. The van der Waals surface area contributed by atoms with Crippen molar-refractivity contribution >= 4 is 31.9 Å². The van der Waals surface area contributed by atoms with Crippen LogP contribution in [-0.4, -0.2) is 6.04 Å². The van der Waals surface area contributed by atoms with Gasteiger partial charge in [0.1, 0.15) is 11.5 Å². The molecule has 0 spiro atoms. The van der Waals surface area contributed by atoms with Gasteiger partial charge in [0.15, 0.2) is 0 Å². The van der Waals surface area contributed by atoms with Gasteiger partial charge < -0.3 is 10.1 Å². The summed E-state index contributed by atoms with van der Waals surface area (Å²) in [4.78, 5) is 0. The van der Waals surface area contributed by atoms with Crippen molar-refractivity contribution in [3.05, 3.63) is 56.5 Å². The molecule has 0 aromatic heterocycles. The van der Waals surface area contributed by atoms with Gasteiger partial charge >= 0.3 is 0 Å². The molecule has 0 radical (unpaired) electrons. The molecule has 2 aromatic rings. The summed E-state index contributed by atoms with van der Waals surface area (Å²) in [5.41, 5.74) is 2.33. The molecule has 0 saturated carbocycles. The topological polar surface area (TPSA) is 21.3 Å². The lowest BCUT2D eigenvalue weighted by molar-refractivity contribution is 0.475. The lowest BCUT2D eigenvalue weighted by atomic mass is 10.2. The van der Waals surface area contributed by atoms with Crippen LogP contribution in [0.1, 0.15) is 25.0 Å². The van der Waals surface area contributed by atoms with Crippen LogP contribution in [0.4, 0.5) is 0 Å². The molecule has 0 bridgehead atoms. The molecule has 1 N–H and O–H groups in total. The lowest BCUT2D eigenvalue weighted by Crippen LogP contribution is -2.21. The number of nitrogens with one attached hydrogen (secondary N) is 1. The minimum atomic E-state index is 0.477. The smallest absolute Gasteiger partial charge is 0.141 e. The van der Waals surface area contributed by atoms with Gasteiger partial charge in [0.25, 0.3) is 0 Å². The molecule has 0 heterocycles. The second-order valence-electron chi connectivity index (χ2n) is 5.31. The zero-order valence-corrected chi connectivity index (χ0v) is 15.6. The third kappa shape index (κ3) is 4.83. The second-order valence-corrected chi connectivity index (χ2v) is 7.08. The van der Waals surface area contributed by atoms with Crippen molar-refractivity contribution in [1.29, 1.82) is 0 Å². The maximum Gasteiger partial charge on any atom is 0.141 e. The number of ether oxygens (including phenoxy) is 1. The number of rotatable bonds is 5. The molecule has 4 heteroatoms. The van der Waals surface area contributed by atoms with Crippen LogP contribution in [0.15, 0.2) is 45.3 Å². The molecule has 0 saturated heterocycles. The maximum atomic E-state index is 5.99. The highest BCUT2D eigenvalue weighted by Crippen LogP contribution is 2.33. The standard InChI is InChI=1S/C17H19Br2NO/c1-11(2)20-10-13-4-6-17(15(19)9-13)21-16-7-5-14(18)8-12(16)3/h4-9,11,20H,10H2,1-3H3. The number of benzene rings is 2. The maximum absolute atomic E-state index is 5.99. The molecule has 0 aliphatic carbocycles. The summed E-state index contributed by atoms with van der Waals surface area (Å²) in [7, 11) is 0. The number of hydrogen-bond donors (Lipinski definition) is 1. The fraction of sp³-hybridized carbons (Fsp3) is 0.294. The number of hydrogen-bond acceptors (Lipinski definition) is 2. The van der Waals surface area contributed by atoms with E-state index in [-0.39, 0.29) is 0 Å². The fourth-order valence-corrected chi connectivity index (χ4v) is 2.89. The Bertz CT molecular complexity index is 626. The Morgan fingerprint density at radius 3 is 2.38 bits per heavy atom.